The summed E-state index contributed by atoms with van der Waals surface area (Å²) >= 11 is 0. The molecule has 0 spiro atoms. The van der Waals surface area contributed by atoms with Crippen LogP contribution < -0.4 is 0 Å². The van der Waals surface area contributed by atoms with E-state index >= 15 is 0 Å². The van der Waals surface area contributed by atoms with Crippen LogP contribution in [0.4, 0.5) is 17.6 Å². The molecule has 0 amide bonds. The summed E-state index contributed by atoms with van der Waals surface area (Å²) in [6, 6.07) is 0. The summed E-state index contributed by atoms with van der Waals surface area (Å²) in [4.78, 5) is 0. The molecule has 0 aromatic carbocycles. The number of alkyl halides is 4. The fraction of sp³-hybridized carbons (Fsp3) is 0.857. The Morgan fingerprint density at radius 3 is 2.27 bits per heavy atom. The fourth-order valence-corrected chi connectivity index (χ4v) is 5.21. The van der Waals surface area contributed by atoms with E-state index < -0.39 is 18.6 Å². The molecule has 0 aromatic rings. The van der Waals surface area contributed by atoms with Gasteiger partial charge in [-0.1, -0.05) is 25.0 Å². The Balaban J connectivity index is 1.47. The molecule has 4 unspecified atom stereocenters. The van der Waals surface area contributed by atoms with Crippen LogP contribution in [-0.4, -0.2) is 18.6 Å². The number of ether oxygens (including phenoxy) is 1. The summed E-state index contributed by atoms with van der Waals surface area (Å²) in [7, 11) is 0. The Labute approximate surface area is 154 Å². The molecule has 5 heteroatoms. The summed E-state index contributed by atoms with van der Waals surface area (Å²) < 4.78 is 55.1. The van der Waals surface area contributed by atoms with Gasteiger partial charge in [-0.2, -0.15) is 0 Å². The molecule has 3 aliphatic carbocycles. The summed E-state index contributed by atoms with van der Waals surface area (Å²) in [5, 5.41) is 0. The molecule has 3 aliphatic rings. The Hall–Kier alpha value is -0.580. The van der Waals surface area contributed by atoms with Crippen molar-refractivity contribution in [1.29, 1.82) is 0 Å². The maximum absolute atomic E-state index is 14.2. The number of hydrogen-bond acceptors (Lipinski definition) is 1. The van der Waals surface area contributed by atoms with Crippen molar-refractivity contribution < 1.29 is 22.3 Å². The second kappa shape index (κ2) is 8.62. The van der Waals surface area contributed by atoms with Gasteiger partial charge < -0.3 is 0 Å². The molecular weight excluding hydrogens is 344 g/mol. The van der Waals surface area contributed by atoms with E-state index in [4.69, 9.17) is 0 Å². The predicted molar refractivity (Wildman–Crippen MR) is 94.1 cm³/mol. The lowest BCUT2D eigenvalue weighted by Gasteiger charge is -2.38. The Kier molecular flexibility index (Phi) is 6.68. The van der Waals surface area contributed by atoms with Crippen LogP contribution in [0.5, 0.6) is 0 Å². The summed E-state index contributed by atoms with van der Waals surface area (Å²) in [5.74, 6) is 3.11. The molecule has 4 atom stereocenters. The zero-order chi connectivity index (χ0) is 18.7. The van der Waals surface area contributed by atoms with E-state index in [0.29, 0.717) is 12.3 Å². The second-order valence-corrected chi connectivity index (χ2v) is 8.41. The van der Waals surface area contributed by atoms with Gasteiger partial charge in [0.05, 0.1) is 6.10 Å². The van der Waals surface area contributed by atoms with Crippen molar-refractivity contribution in [2.75, 3.05) is 0 Å². The topological polar surface area (TPSA) is 9.23 Å². The van der Waals surface area contributed by atoms with Crippen molar-refractivity contribution in [3.05, 3.63) is 17.6 Å². The smallest absolute Gasteiger partial charge is 0.286 e. The van der Waals surface area contributed by atoms with Crippen molar-refractivity contribution in [1.82, 2.24) is 0 Å². The van der Waals surface area contributed by atoms with Crippen LogP contribution in [0.1, 0.15) is 77.6 Å². The fourth-order valence-electron chi connectivity index (χ4n) is 5.21. The molecule has 149 valence electrons. The van der Waals surface area contributed by atoms with Crippen LogP contribution in [0, 0.1) is 23.7 Å². The Bertz CT molecular complexity index is 479. The minimum absolute atomic E-state index is 0.175. The lowest BCUT2D eigenvalue weighted by Crippen LogP contribution is -2.39. The second-order valence-electron chi connectivity index (χ2n) is 8.41. The van der Waals surface area contributed by atoms with Gasteiger partial charge >= 0.3 is 6.36 Å². The highest BCUT2D eigenvalue weighted by atomic mass is 19.4. The Morgan fingerprint density at radius 2 is 1.73 bits per heavy atom. The highest BCUT2D eigenvalue weighted by Crippen LogP contribution is 2.44. The lowest BCUT2D eigenvalue weighted by atomic mass is 9.69. The minimum Gasteiger partial charge on any atom is -0.286 e. The summed E-state index contributed by atoms with van der Waals surface area (Å²) in [6.07, 6.45) is 5.23. The highest BCUT2D eigenvalue weighted by Gasteiger charge is 2.42. The van der Waals surface area contributed by atoms with Gasteiger partial charge in [-0.05, 0) is 82.0 Å². The standard InChI is InChI=1S/C21H31F4O/c1-2-14-3-5-15(6-4-14)16-7-9-17(10-8-16)18-11-12-20(19(22)13-18)26-21(23,24)25/h7,14,17-20H,2-6,8-13H2,1H3. The molecule has 0 heterocycles. The van der Waals surface area contributed by atoms with E-state index in [1.54, 1.807) is 5.92 Å². The van der Waals surface area contributed by atoms with Crippen molar-refractivity contribution in [3.8, 4) is 0 Å². The van der Waals surface area contributed by atoms with E-state index in [1.807, 2.05) is 0 Å². The first-order valence-electron chi connectivity index (χ1n) is 10.3. The molecule has 0 N–H and O–H groups in total. The minimum atomic E-state index is -4.74. The molecule has 0 aromatic heterocycles. The third-order valence-electron chi connectivity index (χ3n) is 6.90. The van der Waals surface area contributed by atoms with E-state index in [9.17, 15) is 17.6 Å². The normalized spacial score (nSPS) is 35.3. The highest BCUT2D eigenvalue weighted by molar-refractivity contribution is 5.27. The molecule has 26 heavy (non-hydrogen) atoms. The van der Waals surface area contributed by atoms with Crippen LogP contribution in [0.15, 0.2) is 11.6 Å². The van der Waals surface area contributed by atoms with Gasteiger partial charge in [-0.15, -0.1) is 13.2 Å². The van der Waals surface area contributed by atoms with Gasteiger partial charge in [-0.3, -0.25) is 4.74 Å². The van der Waals surface area contributed by atoms with Crippen molar-refractivity contribution in [2.45, 2.75) is 96.2 Å². The van der Waals surface area contributed by atoms with Crippen LogP contribution in [0.3, 0.4) is 0 Å². The van der Waals surface area contributed by atoms with Gasteiger partial charge in [0.25, 0.3) is 0 Å². The molecular formula is C21H31F4O. The van der Waals surface area contributed by atoms with Gasteiger partial charge in [0, 0.05) is 5.92 Å². The van der Waals surface area contributed by atoms with Gasteiger partial charge in [0.1, 0.15) is 6.17 Å². The average molecular weight is 375 g/mol. The molecule has 0 bridgehead atoms. The molecule has 2 fully saturated rings. The average Bonchev–Trinajstić information content (AvgIpc) is 2.63. The third-order valence-corrected chi connectivity index (χ3v) is 6.90. The van der Waals surface area contributed by atoms with Crippen molar-refractivity contribution >= 4 is 0 Å². The van der Waals surface area contributed by atoms with E-state index in [0.717, 1.165) is 25.2 Å². The summed E-state index contributed by atoms with van der Waals surface area (Å²) in [6.45, 7) is 2.27. The molecule has 3 rings (SSSR count). The first kappa shape index (κ1) is 20.2. The maximum atomic E-state index is 14.2. The van der Waals surface area contributed by atoms with Crippen LogP contribution >= 0.6 is 0 Å². The first-order valence-corrected chi connectivity index (χ1v) is 10.3. The van der Waals surface area contributed by atoms with Gasteiger partial charge in [0.15, 0.2) is 0 Å². The largest absolute Gasteiger partial charge is 0.522 e. The quantitative estimate of drug-likeness (QED) is 0.484. The molecule has 0 aliphatic heterocycles. The molecule has 1 nitrogen and oxygen atoms in total. The molecule has 0 saturated heterocycles. The first-order chi connectivity index (χ1) is 12.4. The monoisotopic (exact) mass is 375 g/mol. The predicted octanol–water partition coefficient (Wildman–Crippen LogP) is 6.93. The van der Waals surface area contributed by atoms with Crippen LogP contribution in [-0.2, 0) is 4.74 Å². The molecule has 1 radical (unpaired) electrons. The maximum Gasteiger partial charge on any atom is 0.522 e. The van der Waals surface area contributed by atoms with Gasteiger partial charge in [0.2, 0.25) is 0 Å². The zero-order valence-electron chi connectivity index (χ0n) is 15.7. The van der Waals surface area contributed by atoms with Crippen molar-refractivity contribution in [3.63, 3.8) is 0 Å². The van der Waals surface area contributed by atoms with Gasteiger partial charge in [-0.25, -0.2) is 4.39 Å². The van der Waals surface area contributed by atoms with Crippen LogP contribution in [0.25, 0.3) is 0 Å². The molecule has 2 saturated carbocycles. The number of halogens is 4. The SMILES string of the molecule is CCC1CC[C](C2=CCC(C3CCC(OC(F)(F)F)C(F)C3)CC2)CC1. The zero-order valence-corrected chi connectivity index (χ0v) is 15.7. The van der Waals surface area contributed by atoms with Crippen LogP contribution in [0.2, 0.25) is 0 Å². The van der Waals surface area contributed by atoms with E-state index in [-0.39, 0.29) is 18.8 Å². The summed E-state index contributed by atoms with van der Waals surface area (Å²) in [5.41, 5.74) is 1.52. The number of rotatable bonds is 4. The Morgan fingerprint density at radius 1 is 1.00 bits per heavy atom. The third kappa shape index (κ3) is 5.24. The lowest BCUT2D eigenvalue weighted by molar-refractivity contribution is -0.352. The van der Waals surface area contributed by atoms with Crippen molar-refractivity contribution in [2.24, 2.45) is 17.8 Å². The number of hydrogen-bond donors (Lipinski definition) is 0. The van der Waals surface area contributed by atoms with E-state index in [1.165, 1.54) is 37.7 Å². The number of allylic oxidation sites excluding steroid dienone is 2. The van der Waals surface area contributed by atoms with E-state index in [2.05, 4.69) is 17.7 Å².